The molecule has 2 aromatic carbocycles. The monoisotopic (exact) mass is 512 g/mol. The van der Waals surface area contributed by atoms with Gasteiger partial charge in [-0.25, -0.2) is 8.42 Å². The van der Waals surface area contributed by atoms with Crippen molar-refractivity contribution in [3.63, 3.8) is 0 Å². The van der Waals surface area contributed by atoms with Gasteiger partial charge in [0, 0.05) is 39.3 Å². The van der Waals surface area contributed by atoms with E-state index in [0.717, 1.165) is 31.1 Å². The van der Waals surface area contributed by atoms with E-state index in [9.17, 15) is 13.2 Å². The average molecular weight is 513 g/mol. The van der Waals surface area contributed by atoms with Crippen LogP contribution in [-0.4, -0.2) is 48.1 Å². The van der Waals surface area contributed by atoms with Gasteiger partial charge in [0.15, 0.2) is 0 Å². The first kappa shape index (κ1) is 22.6. The Morgan fingerprint density at radius 2 is 1.94 bits per heavy atom. The van der Waals surface area contributed by atoms with Crippen LogP contribution in [0.5, 0.6) is 0 Å². The molecule has 1 aliphatic heterocycles. The van der Waals surface area contributed by atoms with E-state index in [0.29, 0.717) is 16.1 Å². The maximum Gasteiger partial charge on any atom is 0.253 e. The fraction of sp³-hybridized carbons (Fsp3) is 0.182. The predicted octanol–water partition coefficient (Wildman–Crippen LogP) is 4.94. The van der Waals surface area contributed by atoms with Crippen LogP contribution >= 0.6 is 22.9 Å². The van der Waals surface area contributed by atoms with Gasteiger partial charge in [0.25, 0.3) is 10.0 Å². The van der Waals surface area contributed by atoms with Gasteiger partial charge in [-0.1, -0.05) is 41.0 Å². The van der Waals surface area contributed by atoms with Crippen LogP contribution in [0.3, 0.4) is 0 Å². The molecule has 12 heteroatoms. The number of fused-ring (bicyclic) bond motifs is 2. The van der Waals surface area contributed by atoms with Gasteiger partial charge in [0.05, 0.1) is 12.1 Å². The summed E-state index contributed by atoms with van der Waals surface area (Å²) in [5.41, 5.74) is 10.4. The summed E-state index contributed by atoms with van der Waals surface area (Å²) in [5.74, 6) is -0.447. The number of nitrogens with zero attached hydrogens (tertiary/aromatic N) is 6. The van der Waals surface area contributed by atoms with Crippen LogP contribution in [-0.2, 0) is 14.8 Å². The number of hydrogen-bond donors (Lipinski definition) is 0. The lowest BCUT2D eigenvalue weighted by Crippen LogP contribution is -2.52. The molecule has 4 aromatic rings. The molecule has 2 aromatic heterocycles. The lowest BCUT2D eigenvalue weighted by Gasteiger charge is -2.36. The van der Waals surface area contributed by atoms with Crippen LogP contribution in [0, 0.1) is 0 Å². The molecule has 1 fully saturated rings. The Morgan fingerprint density at radius 1 is 1.12 bits per heavy atom. The molecule has 3 heterocycles. The van der Waals surface area contributed by atoms with Gasteiger partial charge in [-0.15, -0.1) is 11.3 Å². The minimum atomic E-state index is -3.88. The second kappa shape index (κ2) is 8.86. The van der Waals surface area contributed by atoms with E-state index in [2.05, 4.69) is 15.0 Å². The summed E-state index contributed by atoms with van der Waals surface area (Å²) in [6, 6.07) is 15.9. The third-order valence-electron chi connectivity index (χ3n) is 5.66. The number of rotatable bonds is 5. The zero-order valence-electron chi connectivity index (χ0n) is 17.6. The molecule has 1 unspecified atom stereocenters. The normalized spacial score (nSPS) is 16.0. The highest BCUT2D eigenvalue weighted by Crippen LogP contribution is 2.34. The molecule has 0 spiro atoms. The molecule has 1 saturated heterocycles. The van der Waals surface area contributed by atoms with E-state index in [1.807, 2.05) is 18.2 Å². The van der Waals surface area contributed by atoms with Crippen LogP contribution in [0.4, 0.5) is 0 Å². The Morgan fingerprint density at radius 3 is 2.74 bits per heavy atom. The second-order valence-corrected chi connectivity index (χ2v) is 11.4. The standard InChI is InChI=1S/C22H17ClN6O3S2/c23-17-6-5-15-11-21(33-19(15)12-17)34(31,32)28-8-9-29(20(30)13-28)22(26-27-24)16-4-3-14-2-1-7-25-18(14)10-16/h1-7,10-12,22H,8-9,13H2. The summed E-state index contributed by atoms with van der Waals surface area (Å²) in [5, 5.41) is 6.04. The first-order chi connectivity index (χ1) is 16.4. The topological polar surface area (TPSA) is 119 Å². The van der Waals surface area contributed by atoms with Crippen molar-refractivity contribution in [3.8, 4) is 0 Å². The first-order valence-electron chi connectivity index (χ1n) is 10.2. The molecule has 0 saturated carbocycles. The largest absolute Gasteiger partial charge is 0.327 e. The van der Waals surface area contributed by atoms with Crippen LogP contribution < -0.4 is 0 Å². The lowest BCUT2D eigenvalue weighted by atomic mass is 10.1. The van der Waals surface area contributed by atoms with E-state index in [1.54, 1.807) is 42.6 Å². The van der Waals surface area contributed by atoms with Crippen molar-refractivity contribution >= 4 is 59.9 Å². The molecule has 1 amide bonds. The fourth-order valence-electron chi connectivity index (χ4n) is 3.97. The molecule has 172 valence electrons. The molecular formula is C22H17ClN6O3S2. The lowest BCUT2D eigenvalue weighted by molar-refractivity contribution is -0.136. The summed E-state index contributed by atoms with van der Waals surface area (Å²) in [6.45, 7) is -0.189. The zero-order chi connectivity index (χ0) is 23.9. The Hall–Kier alpha value is -3.21. The maximum absolute atomic E-state index is 13.2. The van der Waals surface area contributed by atoms with Gasteiger partial charge in [0.2, 0.25) is 5.91 Å². The number of azide groups is 1. The van der Waals surface area contributed by atoms with Crippen LogP contribution in [0.15, 0.2) is 70.1 Å². The van der Waals surface area contributed by atoms with Gasteiger partial charge < -0.3 is 4.90 Å². The van der Waals surface area contributed by atoms with Gasteiger partial charge in [0.1, 0.15) is 10.4 Å². The Bertz CT molecular complexity index is 1580. The number of carbonyl (C=O) groups excluding carboxylic acids is 1. The molecule has 5 rings (SSSR count). The van der Waals surface area contributed by atoms with Crippen molar-refractivity contribution in [1.82, 2.24) is 14.2 Å². The SMILES string of the molecule is [N-]=[N+]=NC(c1ccc2cccnc2c1)N1CCN(S(=O)(=O)c2cc3ccc(Cl)cc3s2)CC1=O. The number of aromatic nitrogens is 1. The van der Waals surface area contributed by atoms with Crippen LogP contribution in [0.1, 0.15) is 11.7 Å². The smallest absolute Gasteiger partial charge is 0.253 e. The van der Waals surface area contributed by atoms with E-state index in [1.165, 1.54) is 4.90 Å². The van der Waals surface area contributed by atoms with Gasteiger partial charge in [-0.05, 0) is 46.8 Å². The third-order valence-corrected chi connectivity index (χ3v) is 9.29. The number of piperazine rings is 1. The summed E-state index contributed by atoms with van der Waals surface area (Å²) < 4.78 is 28.6. The van der Waals surface area contributed by atoms with Crippen molar-refractivity contribution in [2.24, 2.45) is 5.11 Å². The summed E-state index contributed by atoms with van der Waals surface area (Å²) in [4.78, 5) is 21.7. The molecule has 34 heavy (non-hydrogen) atoms. The maximum atomic E-state index is 13.2. The molecule has 0 N–H and O–H groups in total. The van der Waals surface area contributed by atoms with E-state index in [4.69, 9.17) is 17.1 Å². The predicted molar refractivity (Wildman–Crippen MR) is 131 cm³/mol. The Balaban J connectivity index is 1.41. The molecule has 0 bridgehead atoms. The number of thiophene rings is 1. The number of amides is 1. The third kappa shape index (κ3) is 4.08. The summed E-state index contributed by atoms with van der Waals surface area (Å²) >= 11 is 7.14. The second-order valence-electron chi connectivity index (χ2n) is 7.71. The Kier molecular flexibility index (Phi) is 5.88. The fourth-order valence-corrected chi connectivity index (χ4v) is 7.18. The minimum absolute atomic E-state index is 0.0757. The molecule has 0 radical (unpaired) electrons. The quantitative estimate of drug-likeness (QED) is 0.213. The van der Waals surface area contributed by atoms with Crippen molar-refractivity contribution < 1.29 is 13.2 Å². The number of sulfonamides is 1. The first-order valence-corrected chi connectivity index (χ1v) is 12.9. The molecular weight excluding hydrogens is 496 g/mol. The molecule has 1 atom stereocenters. The van der Waals surface area contributed by atoms with Crippen molar-refractivity contribution in [3.05, 3.63) is 81.8 Å². The highest BCUT2D eigenvalue weighted by atomic mass is 35.5. The minimum Gasteiger partial charge on any atom is -0.327 e. The highest BCUT2D eigenvalue weighted by Gasteiger charge is 2.36. The van der Waals surface area contributed by atoms with Gasteiger partial charge >= 0.3 is 0 Å². The number of carbonyl (C=O) groups is 1. The summed E-state index contributed by atoms with van der Waals surface area (Å²) in [6.07, 6.45) is 0.756. The van der Waals surface area contributed by atoms with Gasteiger partial charge in [-0.2, -0.15) is 4.31 Å². The van der Waals surface area contributed by atoms with E-state index in [-0.39, 0.29) is 23.8 Å². The van der Waals surface area contributed by atoms with Crippen LogP contribution in [0.25, 0.3) is 31.4 Å². The van der Waals surface area contributed by atoms with E-state index >= 15 is 0 Å². The summed E-state index contributed by atoms with van der Waals surface area (Å²) in [7, 11) is -3.88. The zero-order valence-corrected chi connectivity index (χ0v) is 20.0. The molecule has 1 aliphatic rings. The van der Waals surface area contributed by atoms with E-state index < -0.39 is 22.1 Å². The Labute approximate surface area is 203 Å². The molecule has 9 nitrogen and oxygen atoms in total. The van der Waals surface area contributed by atoms with Crippen molar-refractivity contribution in [2.75, 3.05) is 19.6 Å². The molecule has 0 aliphatic carbocycles. The average Bonchev–Trinajstić information content (AvgIpc) is 3.26. The van der Waals surface area contributed by atoms with Crippen LogP contribution in [0.2, 0.25) is 5.02 Å². The van der Waals surface area contributed by atoms with Gasteiger partial charge in [-0.3, -0.25) is 9.78 Å². The number of hydrogen-bond acceptors (Lipinski definition) is 6. The highest BCUT2D eigenvalue weighted by molar-refractivity contribution is 7.91. The van der Waals surface area contributed by atoms with Crippen molar-refractivity contribution in [1.29, 1.82) is 0 Å². The van der Waals surface area contributed by atoms with Crippen molar-refractivity contribution in [2.45, 2.75) is 10.4 Å². The number of benzene rings is 2. The number of pyridine rings is 1. The number of halogens is 1.